The van der Waals surface area contributed by atoms with Crippen LogP contribution in [0.15, 0.2) is 24.3 Å². The van der Waals surface area contributed by atoms with Gasteiger partial charge in [0.05, 0.1) is 11.1 Å². The molecule has 0 saturated carbocycles. The molecule has 0 atom stereocenters. The summed E-state index contributed by atoms with van der Waals surface area (Å²) in [4.78, 5) is 37.1. The molecule has 2 N–H and O–H groups in total. The zero-order valence-electron chi connectivity index (χ0n) is 17.4. The second-order valence-electron chi connectivity index (χ2n) is 7.35. The molecule has 1 aliphatic rings. The first-order valence-electron chi connectivity index (χ1n) is 10.1. The number of anilines is 1. The lowest BCUT2D eigenvalue weighted by atomic mass is 10.1. The van der Waals surface area contributed by atoms with E-state index in [-0.39, 0.29) is 5.56 Å². The van der Waals surface area contributed by atoms with Crippen molar-refractivity contribution in [3.63, 3.8) is 0 Å². The highest BCUT2D eigenvalue weighted by Gasteiger charge is 2.30. The summed E-state index contributed by atoms with van der Waals surface area (Å²) in [5, 5.41) is 14.7. The highest BCUT2D eigenvalue weighted by molar-refractivity contribution is 7.16. The Kier molecular flexibility index (Phi) is 7.71. The van der Waals surface area contributed by atoms with Crippen LogP contribution >= 0.6 is 11.3 Å². The summed E-state index contributed by atoms with van der Waals surface area (Å²) in [5.41, 5.74) is 0.458. The fraction of sp³-hybridized carbons (Fsp3) is 0.364. The molecule has 3 rings (SSSR count). The van der Waals surface area contributed by atoms with Crippen molar-refractivity contribution < 1.29 is 32.3 Å². The number of nitriles is 1. The average molecular weight is 479 g/mol. The molecule has 0 spiro atoms. The summed E-state index contributed by atoms with van der Waals surface area (Å²) >= 11 is 1.35. The molecule has 0 aliphatic heterocycles. The number of alkyl halides is 3. The van der Waals surface area contributed by atoms with Crippen molar-refractivity contribution in [2.45, 2.75) is 38.3 Å². The van der Waals surface area contributed by atoms with Gasteiger partial charge in [-0.05, 0) is 55.5 Å². The van der Waals surface area contributed by atoms with Crippen molar-refractivity contribution in [1.29, 1.82) is 5.26 Å². The molecule has 33 heavy (non-hydrogen) atoms. The van der Waals surface area contributed by atoms with Crippen LogP contribution in [0.3, 0.4) is 0 Å². The molecular weight excluding hydrogens is 459 g/mol. The fourth-order valence-corrected chi connectivity index (χ4v) is 4.63. The van der Waals surface area contributed by atoms with Crippen LogP contribution in [-0.2, 0) is 33.3 Å². The number of hydrogen-bond acceptors (Lipinski definition) is 6. The van der Waals surface area contributed by atoms with Gasteiger partial charge in [0.25, 0.3) is 11.8 Å². The lowest BCUT2D eigenvalue weighted by molar-refractivity contribution is -0.146. The van der Waals surface area contributed by atoms with Gasteiger partial charge in [-0.25, -0.2) is 0 Å². The van der Waals surface area contributed by atoms with Crippen LogP contribution in [0, 0.1) is 11.3 Å². The van der Waals surface area contributed by atoms with Crippen molar-refractivity contribution in [2.75, 3.05) is 18.5 Å². The minimum Gasteiger partial charge on any atom is -0.454 e. The van der Waals surface area contributed by atoms with Gasteiger partial charge in [0, 0.05) is 10.4 Å². The van der Waals surface area contributed by atoms with Crippen LogP contribution in [-0.4, -0.2) is 30.9 Å². The SMILES string of the molecule is N#Cc1c(NC(=O)COC(=O)CNC(=O)c2ccc(C(F)(F)F)cc2)sc2c1CCCCC2. The number of hydrogen-bond donors (Lipinski definition) is 2. The van der Waals surface area contributed by atoms with Gasteiger partial charge in [-0.1, -0.05) is 6.42 Å². The predicted molar refractivity (Wildman–Crippen MR) is 114 cm³/mol. The van der Waals surface area contributed by atoms with E-state index in [2.05, 4.69) is 16.7 Å². The second-order valence-corrected chi connectivity index (χ2v) is 8.45. The molecule has 1 aromatic heterocycles. The number of aryl methyl sites for hydroxylation is 1. The Morgan fingerprint density at radius 1 is 1.09 bits per heavy atom. The third-order valence-electron chi connectivity index (χ3n) is 5.02. The molecule has 174 valence electrons. The molecule has 1 aliphatic carbocycles. The number of nitrogens with zero attached hydrogens (tertiary/aromatic N) is 1. The Morgan fingerprint density at radius 2 is 1.79 bits per heavy atom. The molecule has 7 nitrogen and oxygen atoms in total. The van der Waals surface area contributed by atoms with Gasteiger partial charge in [0.1, 0.15) is 17.6 Å². The summed E-state index contributed by atoms with van der Waals surface area (Å²) in [7, 11) is 0. The number of carbonyl (C=O) groups is 3. The number of esters is 1. The van der Waals surface area contributed by atoms with Crippen molar-refractivity contribution in [1.82, 2.24) is 5.32 Å². The number of rotatable bonds is 6. The summed E-state index contributed by atoms with van der Waals surface area (Å²) in [6.45, 7) is -1.17. The molecule has 1 heterocycles. The van der Waals surface area contributed by atoms with Crippen molar-refractivity contribution >= 4 is 34.1 Å². The van der Waals surface area contributed by atoms with E-state index < -0.39 is 42.7 Å². The van der Waals surface area contributed by atoms with E-state index in [0.717, 1.165) is 66.8 Å². The number of amides is 2. The second kappa shape index (κ2) is 10.5. The van der Waals surface area contributed by atoms with Gasteiger partial charge in [0.15, 0.2) is 6.61 Å². The van der Waals surface area contributed by atoms with Gasteiger partial charge in [-0.15, -0.1) is 11.3 Å². The maximum absolute atomic E-state index is 12.6. The third-order valence-corrected chi connectivity index (χ3v) is 6.23. The van der Waals surface area contributed by atoms with Crippen molar-refractivity contribution in [3.8, 4) is 6.07 Å². The van der Waals surface area contributed by atoms with Gasteiger partial charge < -0.3 is 15.4 Å². The lowest BCUT2D eigenvalue weighted by Gasteiger charge is -2.09. The lowest BCUT2D eigenvalue weighted by Crippen LogP contribution is -2.32. The maximum Gasteiger partial charge on any atom is 0.416 e. The molecule has 0 bridgehead atoms. The van der Waals surface area contributed by atoms with Crippen LogP contribution in [0.1, 0.15) is 51.2 Å². The largest absolute Gasteiger partial charge is 0.454 e. The average Bonchev–Trinajstić information content (AvgIpc) is 2.94. The summed E-state index contributed by atoms with van der Waals surface area (Å²) in [5.74, 6) is -2.28. The molecular formula is C22H20F3N3O4S. The molecule has 1 aromatic carbocycles. The van der Waals surface area contributed by atoms with E-state index >= 15 is 0 Å². The monoisotopic (exact) mass is 479 g/mol. The van der Waals surface area contributed by atoms with Gasteiger partial charge in [-0.3, -0.25) is 14.4 Å². The highest BCUT2D eigenvalue weighted by Crippen LogP contribution is 2.37. The Morgan fingerprint density at radius 3 is 2.45 bits per heavy atom. The first-order valence-corrected chi connectivity index (χ1v) is 11.0. The van der Waals surface area contributed by atoms with E-state index in [0.29, 0.717) is 10.6 Å². The first-order chi connectivity index (χ1) is 15.7. The van der Waals surface area contributed by atoms with E-state index in [1.54, 1.807) is 0 Å². The zero-order chi connectivity index (χ0) is 24.0. The summed E-state index contributed by atoms with van der Waals surface area (Å²) < 4.78 is 42.5. The van der Waals surface area contributed by atoms with Gasteiger partial charge >= 0.3 is 12.1 Å². The first kappa shape index (κ1) is 24.3. The van der Waals surface area contributed by atoms with E-state index in [9.17, 15) is 32.8 Å². The number of carbonyl (C=O) groups excluding carboxylic acids is 3. The van der Waals surface area contributed by atoms with Crippen LogP contribution in [0.25, 0.3) is 0 Å². The number of benzene rings is 1. The maximum atomic E-state index is 12.6. The molecule has 0 radical (unpaired) electrons. The van der Waals surface area contributed by atoms with Gasteiger partial charge in [0.2, 0.25) is 0 Å². The number of thiophene rings is 1. The molecule has 0 saturated heterocycles. The number of nitrogens with one attached hydrogen (secondary N) is 2. The van der Waals surface area contributed by atoms with E-state index in [1.807, 2.05) is 0 Å². The molecule has 0 fully saturated rings. The molecule has 11 heteroatoms. The Bertz CT molecular complexity index is 1090. The number of fused-ring (bicyclic) bond motifs is 1. The van der Waals surface area contributed by atoms with Crippen LogP contribution < -0.4 is 10.6 Å². The Balaban J connectivity index is 1.47. The minimum atomic E-state index is -4.52. The quantitative estimate of drug-likeness (QED) is 0.484. The molecule has 2 aromatic rings. The smallest absolute Gasteiger partial charge is 0.416 e. The Labute approximate surface area is 191 Å². The fourth-order valence-electron chi connectivity index (χ4n) is 3.37. The molecule has 0 unspecified atom stereocenters. The van der Waals surface area contributed by atoms with Crippen LogP contribution in [0.2, 0.25) is 0 Å². The van der Waals surface area contributed by atoms with Crippen molar-refractivity contribution in [3.05, 3.63) is 51.4 Å². The standard InChI is InChI=1S/C22H20F3N3O4S/c23-22(24,25)14-8-6-13(7-9-14)20(31)27-11-19(30)32-12-18(29)28-21-16(10-26)15-4-2-1-3-5-17(15)33-21/h6-9H,1-5,11-12H2,(H,27,31)(H,28,29). The van der Waals surface area contributed by atoms with E-state index in [4.69, 9.17) is 4.74 Å². The summed E-state index contributed by atoms with van der Waals surface area (Å²) in [6, 6.07) is 5.65. The zero-order valence-corrected chi connectivity index (χ0v) is 18.2. The van der Waals surface area contributed by atoms with Crippen molar-refractivity contribution in [2.24, 2.45) is 0 Å². The van der Waals surface area contributed by atoms with Gasteiger partial charge in [-0.2, -0.15) is 18.4 Å². The minimum absolute atomic E-state index is 0.0601. The van der Waals surface area contributed by atoms with E-state index in [1.165, 1.54) is 11.3 Å². The van der Waals surface area contributed by atoms with Crippen LogP contribution in [0.5, 0.6) is 0 Å². The predicted octanol–water partition coefficient (Wildman–Crippen LogP) is 3.82. The Hall–Kier alpha value is -3.39. The normalized spacial score (nSPS) is 13.3. The summed E-state index contributed by atoms with van der Waals surface area (Å²) in [6.07, 6.45) is 0.244. The number of halogens is 3. The highest BCUT2D eigenvalue weighted by atomic mass is 32.1. The van der Waals surface area contributed by atoms with Crippen LogP contribution in [0.4, 0.5) is 18.2 Å². The third kappa shape index (κ3) is 6.32. The number of ether oxygens (including phenoxy) is 1. The topological polar surface area (TPSA) is 108 Å². The molecule has 2 amide bonds.